The lowest BCUT2D eigenvalue weighted by Crippen LogP contribution is -2.53. The second kappa shape index (κ2) is 11.0. The molecule has 3 rings (SSSR count). The van der Waals surface area contributed by atoms with Crippen LogP contribution >= 0.6 is 0 Å². The van der Waals surface area contributed by atoms with E-state index >= 15 is 0 Å². The summed E-state index contributed by atoms with van der Waals surface area (Å²) in [5.41, 5.74) is -1.71. The Bertz CT molecular complexity index is 1140. The van der Waals surface area contributed by atoms with Crippen LogP contribution in [-0.2, 0) is 19.0 Å². The smallest absolute Gasteiger partial charge is 0.339 e. The molecular formula is C27H34O9. The molecule has 0 amide bonds. The minimum absolute atomic E-state index is 0.0907. The van der Waals surface area contributed by atoms with Crippen molar-refractivity contribution in [3.8, 4) is 5.75 Å². The first-order valence-electron chi connectivity index (χ1n) is 11.7. The number of esters is 1. The molecular weight excluding hydrogens is 468 g/mol. The topological polar surface area (TPSA) is 125 Å². The van der Waals surface area contributed by atoms with E-state index in [4.69, 9.17) is 18.6 Å². The molecule has 2 aliphatic heterocycles. The molecule has 0 aromatic carbocycles. The van der Waals surface area contributed by atoms with Crippen molar-refractivity contribution >= 4 is 12.0 Å². The second-order valence-corrected chi connectivity index (χ2v) is 9.32. The third-order valence-electron chi connectivity index (χ3n) is 7.12. The molecule has 0 saturated carbocycles. The Morgan fingerprint density at radius 1 is 1.19 bits per heavy atom. The lowest BCUT2D eigenvalue weighted by Gasteiger charge is -2.38. The second-order valence-electron chi connectivity index (χ2n) is 9.32. The molecule has 0 radical (unpaired) electrons. The van der Waals surface area contributed by atoms with E-state index in [1.807, 2.05) is 0 Å². The predicted molar refractivity (Wildman–Crippen MR) is 132 cm³/mol. The first kappa shape index (κ1) is 27.6. The number of ether oxygens (including phenoxy) is 4. The summed E-state index contributed by atoms with van der Waals surface area (Å²) >= 11 is 0. The van der Waals surface area contributed by atoms with Crippen LogP contribution in [0, 0.1) is 12.3 Å². The summed E-state index contributed by atoms with van der Waals surface area (Å²) in [6.45, 7) is 8.64. The van der Waals surface area contributed by atoms with Crippen LogP contribution in [0.1, 0.15) is 39.0 Å². The molecule has 9 heteroatoms. The number of methoxy groups -OCH3 is 1. The summed E-state index contributed by atoms with van der Waals surface area (Å²) < 4.78 is 27.1. The monoisotopic (exact) mass is 502 g/mol. The summed E-state index contributed by atoms with van der Waals surface area (Å²) in [6, 6.07) is 1.25. The zero-order valence-electron chi connectivity index (χ0n) is 21.4. The molecule has 2 fully saturated rings. The van der Waals surface area contributed by atoms with E-state index in [1.54, 1.807) is 77.2 Å². The van der Waals surface area contributed by atoms with E-state index in [-0.39, 0.29) is 6.61 Å². The van der Waals surface area contributed by atoms with Gasteiger partial charge >= 0.3 is 11.6 Å². The van der Waals surface area contributed by atoms with Crippen molar-refractivity contribution in [2.75, 3.05) is 13.7 Å². The van der Waals surface area contributed by atoms with Gasteiger partial charge in [0.2, 0.25) is 0 Å². The van der Waals surface area contributed by atoms with Crippen LogP contribution < -0.4 is 10.4 Å². The molecule has 0 bridgehead atoms. The van der Waals surface area contributed by atoms with Crippen LogP contribution in [0.5, 0.6) is 5.75 Å². The van der Waals surface area contributed by atoms with E-state index in [2.05, 4.69) is 4.74 Å². The average molecular weight is 503 g/mol. The number of carbonyl (C=O) groups is 1. The van der Waals surface area contributed by atoms with E-state index in [9.17, 15) is 19.8 Å². The largest absolute Gasteiger partial charge is 0.489 e. The Hall–Kier alpha value is -2.98. The van der Waals surface area contributed by atoms with E-state index in [0.717, 1.165) is 0 Å². The van der Waals surface area contributed by atoms with Gasteiger partial charge in [0, 0.05) is 11.1 Å². The Balaban J connectivity index is 1.61. The molecule has 1 aromatic rings. The molecule has 2 saturated heterocycles. The molecule has 1 aromatic heterocycles. The lowest BCUT2D eigenvalue weighted by molar-refractivity contribution is -0.139. The fraction of sp³-hybridized carbons (Fsp3) is 0.481. The summed E-state index contributed by atoms with van der Waals surface area (Å²) in [5, 5.41) is 21.6. The third kappa shape index (κ3) is 5.24. The number of rotatable bonds is 8. The van der Waals surface area contributed by atoms with Gasteiger partial charge in [0.15, 0.2) is 6.29 Å². The van der Waals surface area contributed by atoms with Crippen molar-refractivity contribution in [2.24, 2.45) is 5.41 Å². The highest BCUT2D eigenvalue weighted by Crippen LogP contribution is 2.54. The molecule has 0 unspecified atom stereocenters. The summed E-state index contributed by atoms with van der Waals surface area (Å²) in [5.74, 6) is 0.236. The molecule has 3 heterocycles. The molecule has 0 spiro atoms. The van der Waals surface area contributed by atoms with Crippen molar-refractivity contribution in [2.45, 2.75) is 64.8 Å². The highest BCUT2D eigenvalue weighted by molar-refractivity contribution is 5.87. The highest BCUT2D eigenvalue weighted by Gasteiger charge is 2.68. The quantitative estimate of drug-likeness (QED) is 0.314. The number of hydrogen-bond acceptors (Lipinski definition) is 9. The maximum absolute atomic E-state index is 11.9. The summed E-state index contributed by atoms with van der Waals surface area (Å²) in [4.78, 5) is 23.4. The maximum atomic E-state index is 11.9. The lowest BCUT2D eigenvalue weighted by atomic mass is 9.69. The Kier molecular flexibility index (Phi) is 8.40. The fourth-order valence-electron chi connectivity index (χ4n) is 4.26. The zero-order valence-corrected chi connectivity index (χ0v) is 21.4. The van der Waals surface area contributed by atoms with Crippen molar-refractivity contribution in [1.29, 1.82) is 0 Å². The van der Waals surface area contributed by atoms with Gasteiger partial charge in [-0.3, -0.25) is 0 Å². The molecule has 0 aliphatic carbocycles. The van der Waals surface area contributed by atoms with E-state index in [1.165, 1.54) is 13.2 Å². The third-order valence-corrected chi connectivity index (χ3v) is 7.12. The minimum Gasteiger partial charge on any atom is -0.489 e. The van der Waals surface area contributed by atoms with E-state index < -0.39 is 47.2 Å². The van der Waals surface area contributed by atoms with Gasteiger partial charge in [0.1, 0.15) is 29.8 Å². The van der Waals surface area contributed by atoms with Crippen LogP contribution in [-0.4, -0.2) is 60.1 Å². The molecule has 36 heavy (non-hydrogen) atoms. The molecule has 2 N–H and O–H groups in total. The first-order valence-corrected chi connectivity index (χ1v) is 11.7. The molecule has 2 aliphatic rings. The van der Waals surface area contributed by atoms with Crippen LogP contribution in [0.2, 0.25) is 0 Å². The van der Waals surface area contributed by atoms with Gasteiger partial charge in [-0.15, -0.1) is 0 Å². The molecule has 6 atom stereocenters. The normalized spacial score (nSPS) is 32.6. The number of carbonyl (C=O) groups excluding carboxylic acids is 1. The number of hydrogen-bond donors (Lipinski definition) is 2. The van der Waals surface area contributed by atoms with Crippen molar-refractivity contribution < 1.29 is 38.4 Å². The summed E-state index contributed by atoms with van der Waals surface area (Å²) in [6.07, 6.45) is 9.06. The Morgan fingerprint density at radius 2 is 1.89 bits per heavy atom. The Labute approximate surface area is 210 Å². The average Bonchev–Trinajstić information content (AvgIpc) is 3.17. The number of aliphatic hydroxyl groups excluding tert-OH is 1. The van der Waals surface area contributed by atoms with Crippen LogP contribution in [0.3, 0.4) is 0 Å². The van der Waals surface area contributed by atoms with E-state index in [0.29, 0.717) is 22.6 Å². The van der Waals surface area contributed by atoms with Crippen LogP contribution in [0.4, 0.5) is 0 Å². The van der Waals surface area contributed by atoms with Crippen LogP contribution in [0.15, 0.2) is 57.3 Å². The van der Waals surface area contributed by atoms with Crippen molar-refractivity contribution in [3.63, 3.8) is 0 Å². The van der Waals surface area contributed by atoms with Crippen molar-refractivity contribution in [1.82, 2.24) is 0 Å². The van der Waals surface area contributed by atoms with Crippen LogP contribution in [0.25, 0.3) is 6.08 Å². The number of fused-ring (bicyclic) bond motifs is 1. The van der Waals surface area contributed by atoms with Crippen molar-refractivity contribution in [3.05, 3.63) is 69.8 Å². The SMILES string of the molecule is COC(=O)/C(C)=C/COc1cc(=O)oc(/C=C/C=C/C=C/[C@H]2O[C@H]3O[C@H](C)[C@](C)(O)[C@@]3(C)[C@H]2O)c1C. The fourth-order valence-corrected chi connectivity index (χ4v) is 4.26. The van der Waals surface area contributed by atoms with Gasteiger partial charge in [0.05, 0.1) is 30.8 Å². The van der Waals surface area contributed by atoms with Gasteiger partial charge in [-0.25, -0.2) is 9.59 Å². The number of allylic oxidation sites excluding steroid dienone is 4. The van der Waals surface area contributed by atoms with Gasteiger partial charge in [-0.1, -0.05) is 30.4 Å². The van der Waals surface area contributed by atoms with Gasteiger partial charge in [0.25, 0.3) is 0 Å². The highest BCUT2D eigenvalue weighted by atomic mass is 16.7. The predicted octanol–water partition coefficient (Wildman–Crippen LogP) is 2.83. The van der Waals surface area contributed by atoms with Gasteiger partial charge < -0.3 is 33.6 Å². The number of aliphatic hydroxyl groups is 2. The van der Waals surface area contributed by atoms with Gasteiger partial charge in [-0.2, -0.15) is 0 Å². The molecule has 9 nitrogen and oxygen atoms in total. The summed E-state index contributed by atoms with van der Waals surface area (Å²) in [7, 11) is 1.30. The molecule has 196 valence electrons. The standard InChI is InChI=1S/C27H34O9/c1-16(24(30)32-6)13-14-33-21-15-22(28)35-19(17(21)2)11-9-7-8-10-12-20-23(29)26(4)25(36-20)34-18(3)27(26,5)31/h7-13,15,18,20,23,25,29,31H,14H2,1-6H3/b8-7+,11-9+,12-10+,16-13+/t18-,20-,23+,25-,26+,27+/m1/s1. The zero-order chi connectivity index (χ0) is 26.7. The maximum Gasteiger partial charge on any atom is 0.339 e. The van der Waals surface area contributed by atoms with Gasteiger partial charge in [-0.05, 0) is 46.8 Å². The first-order chi connectivity index (χ1) is 16.9. The Morgan fingerprint density at radius 3 is 2.56 bits per heavy atom. The minimum atomic E-state index is -1.23.